The molecular formula is C4H4B2F8N4Pd. The van der Waals surface area contributed by atoms with E-state index in [9.17, 15) is 34.5 Å². The van der Waals surface area contributed by atoms with Gasteiger partial charge in [-0.1, -0.05) is 0 Å². The van der Waals surface area contributed by atoms with Crippen molar-refractivity contribution in [3.63, 3.8) is 0 Å². The van der Waals surface area contributed by atoms with Crippen molar-refractivity contribution in [1.29, 1.82) is 21.0 Å². The quantitative estimate of drug-likeness (QED) is 0.471. The minimum atomic E-state index is -6.00. The van der Waals surface area contributed by atoms with Crippen molar-refractivity contribution in [2.24, 2.45) is 0 Å². The van der Waals surface area contributed by atoms with E-state index >= 15 is 0 Å². The Hall–Kier alpha value is -1.81. The van der Waals surface area contributed by atoms with Crippen molar-refractivity contribution < 1.29 is 54.9 Å². The molecule has 0 bridgehead atoms. The Bertz CT molecular complexity index is 173. The van der Waals surface area contributed by atoms with Crippen LogP contribution in [0.25, 0.3) is 0 Å². The van der Waals surface area contributed by atoms with Gasteiger partial charge in [0, 0.05) is 26.3 Å². The van der Waals surface area contributed by atoms with E-state index in [0.717, 1.165) is 0 Å². The number of hydrogen-bond donors (Lipinski definition) is 0. The second kappa shape index (κ2) is 36.0. The molecule has 15 heteroatoms. The van der Waals surface area contributed by atoms with Crippen molar-refractivity contribution in [1.82, 2.24) is 0 Å². The predicted octanol–water partition coefficient (Wildman–Crippen LogP) is 3.16. The number of halogens is 8. The van der Waals surface area contributed by atoms with Gasteiger partial charge in [-0.05, 0) is 0 Å². The van der Waals surface area contributed by atoms with Gasteiger partial charge in [0.15, 0.2) is 0 Å². The Morgan fingerprint density at radius 1 is 0.421 bits per heavy atom. The molecule has 0 amide bonds. The smallest absolute Gasteiger partial charge is 0.418 e. The molecule has 19 heavy (non-hydrogen) atoms. The van der Waals surface area contributed by atoms with E-state index < -0.39 is 14.5 Å². The van der Waals surface area contributed by atoms with Crippen LogP contribution in [0.15, 0.2) is 0 Å². The number of rotatable bonds is 0. The molecule has 0 heterocycles. The molecule has 0 aromatic carbocycles. The topological polar surface area (TPSA) is 95.2 Å². The van der Waals surface area contributed by atoms with Gasteiger partial charge in [-0.3, -0.25) is 0 Å². The third-order valence-corrected chi connectivity index (χ3v) is 0. The molecule has 0 atom stereocenters. The maximum absolute atomic E-state index is 9.75. The molecule has 0 aromatic heterocycles. The monoisotopic (exact) mass is 388 g/mol. The van der Waals surface area contributed by atoms with Gasteiger partial charge in [-0.25, -0.2) is 21.0 Å². The maximum atomic E-state index is 9.75. The van der Waals surface area contributed by atoms with Crippen LogP contribution in [-0.4, -0.2) is 14.5 Å². The minimum Gasteiger partial charge on any atom is -0.418 e. The van der Waals surface area contributed by atoms with Crippen molar-refractivity contribution in [2.45, 2.75) is 0 Å². The Morgan fingerprint density at radius 3 is 0.421 bits per heavy atom. The van der Waals surface area contributed by atoms with Crippen LogP contribution in [0.1, 0.15) is 0 Å². The summed E-state index contributed by atoms with van der Waals surface area (Å²) < 4.78 is 78.0. The van der Waals surface area contributed by atoms with Gasteiger partial charge in [0.05, 0.1) is 0 Å². The van der Waals surface area contributed by atoms with Gasteiger partial charge < -0.3 is 34.5 Å². The third kappa shape index (κ3) is 998. The molecule has 0 aliphatic carbocycles. The number of nitrogens with zero attached hydrogens (tertiary/aromatic N) is 4. The number of hydrogen-bond acceptors (Lipinski definition) is 4. The summed E-state index contributed by atoms with van der Waals surface area (Å²) in [5.74, 6) is 0. The maximum Gasteiger partial charge on any atom is 2.00 e. The Labute approximate surface area is 117 Å². The average molecular weight is 388 g/mol. The van der Waals surface area contributed by atoms with Gasteiger partial charge in [0.2, 0.25) is 0 Å². The van der Waals surface area contributed by atoms with Gasteiger partial charge >= 0.3 is 34.9 Å². The molecule has 0 aromatic rings. The zero-order valence-corrected chi connectivity index (χ0v) is 10.1. The molecule has 0 saturated carbocycles. The van der Waals surface area contributed by atoms with E-state index in [1.165, 1.54) is 0 Å². The summed E-state index contributed by atoms with van der Waals surface area (Å²) in [7, 11) is -12.0. The van der Waals surface area contributed by atoms with E-state index in [1.54, 1.807) is 0 Å². The van der Waals surface area contributed by atoms with Gasteiger partial charge in [-0.15, -0.1) is 0 Å². The average Bonchev–Trinajstić information content (AvgIpc) is 2.24. The molecule has 0 saturated heterocycles. The zero-order chi connectivity index (χ0) is 17.0. The molecule has 0 aliphatic heterocycles. The van der Waals surface area contributed by atoms with Crippen LogP contribution in [-0.2, 0) is 20.4 Å². The first-order valence-corrected chi connectivity index (χ1v) is 2.78. The molecule has 112 valence electrons. The SMILES string of the molecule is C#N.C#N.C#N.C#N.F[B-](F)(F)F.F[B-](F)(F)F.[Pd+2]. The van der Waals surface area contributed by atoms with Crippen molar-refractivity contribution >= 4 is 14.5 Å². The van der Waals surface area contributed by atoms with Crippen LogP contribution in [0.3, 0.4) is 0 Å². The van der Waals surface area contributed by atoms with Crippen LogP contribution in [0.4, 0.5) is 34.5 Å². The van der Waals surface area contributed by atoms with Gasteiger partial charge in [0.1, 0.15) is 0 Å². The molecule has 0 radical (unpaired) electrons. The molecule has 0 fully saturated rings. The molecule has 0 rings (SSSR count). The van der Waals surface area contributed by atoms with Crippen LogP contribution in [0.2, 0.25) is 0 Å². The van der Waals surface area contributed by atoms with E-state index in [4.69, 9.17) is 21.0 Å². The van der Waals surface area contributed by atoms with E-state index in [2.05, 4.69) is 26.3 Å². The van der Waals surface area contributed by atoms with Crippen LogP contribution in [0.5, 0.6) is 0 Å². The fourth-order valence-corrected chi connectivity index (χ4v) is 0. The second-order valence-electron chi connectivity index (χ2n) is 0.990. The van der Waals surface area contributed by atoms with E-state index in [0.29, 0.717) is 0 Å². The fraction of sp³-hybridized carbons (Fsp3) is 0. The minimum absolute atomic E-state index is 0. The van der Waals surface area contributed by atoms with Gasteiger partial charge in [-0.2, -0.15) is 0 Å². The molecular weight excluding hydrogens is 384 g/mol. The Kier molecular flexibility index (Phi) is 82.2. The van der Waals surface area contributed by atoms with Crippen molar-refractivity contribution in [2.75, 3.05) is 0 Å². The first-order valence-electron chi connectivity index (χ1n) is 2.78. The second-order valence-corrected chi connectivity index (χ2v) is 0.990. The summed E-state index contributed by atoms with van der Waals surface area (Å²) >= 11 is 0. The summed E-state index contributed by atoms with van der Waals surface area (Å²) in [5, 5.41) is 26.0. The summed E-state index contributed by atoms with van der Waals surface area (Å²) in [5.41, 5.74) is 0. The van der Waals surface area contributed by atoms with E-state index in [1.807, 2.05) is 0 Å². The van der Waals surface area contributed by atoms with Crippen LogP contribution in [0, 0.1) is 47.3 Å². The largest absolute Gasteiger partial charge is 2.00 e. The summed E-state index contributed by atoms with van der Waals surface area (Å²) in [6, 6.07) is 0. The van der Waals surface area contributed by atoms with Crippen LogP contribution < -0.4 is 0 Å². The van der Waals surface area contributed by atoms with Gasteiger partial charge in [0.25, 0.3) is 0 Å². The Balaban J connectivity index is -0.0000000194. The molecule has 0 N–H and O–H groups in total. The third-order valence-electron chi connectivity index (χ3n) is 0. The molecule has 4 nitrogen and oxygen atoms in total. The molecule has 0 aliphatic rings. The Morgan fingerprint density at radius 2 is 0.421 bits per heavy atom. The summed E-state index contributed by atoms with van der Waals surface area (Å²) in [6.07, 6.45) is 0. The number of nitriles is 4. The molecule has 0 unspecified atom stereocenters. The summed E-state index contributed by atoms with van der Waals surface area (Å²) in [4.78, 5) is 0. The van der Waals surface area contributed by atoms with E-state index in [-0.39, 0.29) is 20.4 Å². The first-order chi connectivity index (χ1) is 8.00. The van der Waals surface area contributed by atoms with Crippen molar-refractivity contribution in [3.05, 3.63) is 0 Å². The standard InChI is InChI=1S/4CHN.2BF4.Pd/c4*1-2;2*2-1(3,4)5;/h4*1H;;;/q;;;;2*-1;+2. The van der Waals surface area contributed by atoms with Crippen LogP contribution >= 0.6 is 0 Å². The zero-order valence-electron chi connectivity index (χ0n) is 8.59. The first kappa shape index (κ1) is 43.4. The van der Waals surface area contributed by atoms with Crippen molar-refractivity contribution in [3.8, 4) is 26.3 Å². The summed E-state index contributed by atoms with van der Waals surface area (Å²) in [6.45, 7) is 14.0. The molecule has 0 spiro atoms. The predicted molar refractivity (Wildman–Crippen MR) is 47.1 cm³/mol. The normalized spacial score (nSPS) is 6.74. The fourth-order valence-electron chi connectivity index (χ4n) is 0.